The molecule has 0 spiro atoms. The molecule has 1 saturated heterocycles. The van der Waals surface area contributed by atoms with E-state index in [-0.39, 0.29) is 18.5 Å². The first-order valence-electron chi connectivity index (χ1n) is 8.88. The van der Waals surface area contributed by atoms with Crippen LogP contribution in [0.4, 0.5) is 4.79 Å². The number of carbonyl (C=O) groups is 1. The Labute approximate surface area is 156 Å². The molecule has 2 amide bonds. The number of urea groups is 1. The van der Waals surface area contributed by atoms with Gasteiger partial charge in [0, 0.05) is 47.5 Å². The number of nitrogens with one attached hydrogen (secondary N) is 2. The smallest absolute Gasteiger partial charge is 0.340 e. The van der Waals surface area contributed by atoms with Crippen LogP contribution in [0.1, 0.15) is 23.5 Å². The number of likely N-dealkylation sites (N-methyl/N-ethyl adjacent to an activating group) is 1. The van der Waals surface area contributed by atoms with Gasteiger partial charge in [-0.2, -0.15) is 5.01 Å². The van der Waals surface area contributed by atoms with E-state index in [9.17, 15) is 9.70 Å². The van der Waals surface area contributed by atoms with Crippen LogP contribution in [0.5, 0.6) is 0 Å². The topological polar surface area (TPSA) is 80.8 Å². The first kappa shape index (κ1) is 17.3. The molecule has 2 heterocycles. The van der Waals surface area contributed by atoms with Crippen molar-refractivity contribution in [2.75, 3.05) is 26.0 Å². The van der Waals surface area contributed by atoms with Crippen LogP contribution in [0.25, 0.3) is 10.9 Å². The van der Waals surface area contributed by atoms with Crippen LogP contribution >= 0.6 is 11.6 Å². The van der Waals surface area contributed by atoms with E-state index in [1.165, 1.54) is 22.0 Å². The second kappa shape index (κ2) is 6.89. The van der Waals surface area contributed by atoms with E-state index in [2.05, 4.69) is 51.9 Å². The Kier molecular flexibility index (Phi) is 4.58. The molecule has 1 aromatic carbocycles. The molecule has 1 aliphatic carbocycles. The molecule has 0 saturated carbocycles. The summed E-state index contributed by atoms with van der Waals surface area (Å²) >= 11 is 5.63. The number of hydrogen-bond donors (Lipinski definition) is 2. The minimum Gasteiger partial charge on any atom is -0.361 e. The van der Waals surface area contributed by atoms with Gasteiger partial charge in [0.15, 0.2) is 0 Å². The Morgan fingerprint density at radius 3 is 3.12 bits per heavy atom. The van der Waals surface area contributed by atoms with Crippen molar-refractivity contribution in [2.45, 2.75) is 30.8 Å². The Morgan fingerprint density at radius 1 is 1.50 bits per heavy atom. The highest BCUT2D eigenvalue weighted by Crippen LogP contribution is 2.42. The van der Waals surface area contributed by atoms with E-state index in [4.69, 9.17) is 11.6 Å². The summed E-state index contributed by atoms with van der Waals surface area (Å²) in [5, 5.41) is 7.90. The molecule has 1 fully saturated rings. The van der Waals surface area contributed by atoms with Crippen molar-refractivity contribution in [3.8, 4) is 0 Å². The van der Waals surface area contributed by atoms with Gasteiger partial charge in [-0.25, -0.2) is 4.79 Å². The second-order valence-corrected chi connectivity index (χ2v) is 7.56. The summed E-state index contributed by atoms with van der Waals surface area (Å²) in [7, 11) is 2.10. The predicted molar refractivity (Wildman–Crippen MR) is 101 cm³/mol. The quantitative estimate of drug-likeness (QED) is 0.490. The lowest BCUT2D eigenvalue weighted by Crippen LogP contribution is -2.56. The van der Waals surface area contributed by atoms with E-state index in [1.54, 1.807) is 0 Å². The third-order valence-electron chi connectivity index (χ3n) is 5.68. The van der Waals surface area contributed by atoms with E-state index >= 15 is 0 Å². The number of nitroso groups, excluding NO2 is 1. The van der Waals surface area contributed by atoms with Crippen molar-refractivity contribution in [3.63, 3.8) is 0 Å². The zero-order valence-corrected chi connectivity index (χ0v) is 15.4. The van der Waals surface area contributed by atoms with E-state index in [0.717, 1.165) is 24.4 Å². The number of aromatic amines is 1. The third-order valence-corrected chi connectivity index (χ3v) is 5.85. The van der Waals surface area contributed by atoms with E-state index in [1.807, 2.05) is 0 Å². The number of alkyl halides is 1. The molecule has 0 radical (unpaired) electrons. The molecule has 1 aromatic heterocycles. The lowest BCUT2D eigenvalue weighted by Gasteiger charge is -2.45. The summed E-state index contributed by atoms with van der Waals surface area (Å²) in [6, 6.07) is 6.29. The molecule has 0 bridgehead atoms. The van der Waals surface area contributed by atoms with Crippen LogP contribution in [0.15, 0.2) is 29.7 Å². The maximum atomic E-state index is 12.3. The van der Waals surface area contributed by atoms with Gasteiger partial charge >= 0.3 is 6.03 Å². The fourth-order valence-corrected chi connectivity index (χ4v) is 4.72. The summed E-state index contributed by atoms with van der Waals surface area (Å²) in [6.07, 6.45) is 3.97. The zero-order valence-electron chi connectivity index (χ0n) is 14.6. The average Bonchev–Trinajstić information content (AvgIpc) is 3.05. The third kappa shape index (κ3) is 2.85. The molecule has 2 N–H and O–H groups in total. The maximum Gasteiger partial charge on any atom is 0.340 e. The normalized spacial score (nSPS) is 24.9. The molecular weight excluding hydrogens is 354 g/mol. The number of halogens is 1. The predicted octanol–water partition coefficient (Wildman–Crippen LogP) is 2.81. The Bertz CT molecular complexity index is 838. The van der Waals surface area contributed by atoms with Crippen molar-refractivity contribution >= 4 is 28.5 Å². The largest absolute Gasteiger partial charge is 0.361 e. The minimum absolute atomic E-state index is 0.0379. The number of carbonyl (C=O) groups excluding carboxylic acids is 1. The van der Waals surface area contributed by atoms with Crippen molar-refractivity contribution in [1.29, 1.82) is 0 Å². The van der Waals surface area contributed by atoms with E-state index in [0.29, 0.717) is 12.0 Å². The van der Waals surface area contributed by atoms with Gasteiger partial charge in [0.25, 0.3) is 0 Å². The van der Waals surface area contributed by atoms with Gasteiger partial charge in [0.1, 0.15) is 0 Å². The van der Waals surface area contributed by atoms with Gasteiger partial charge in [-0.1, -0.05) is 12.1 Å². The van der Waals surface area contributed by atoms with Gasteiger partial charge in [0.2, 0.25) is 0 Å². The number of fused-ring (bicyclic) bond motifs is 2. The summed E-state index contributed by atoms with van der Waals surface area (Å²) in [6.45, 7) is 0.855. The minimum atomic E-state index is -0.478. The Balaban J connectivity index is 1.57. The van der Waals surface area contributed by atoms with Gasteiger partial charge in [-0.15, -0.1) is 16.5 Å². The van der Waals surface area contributed by atoms with E-state index < -0.39 is 6.03 Å². The highest BCUT2D eigenvalue weighted by atomic mass is 35.5. The first-order chi connectivity index (χ1) is 12.6. The molecule has 138 valence electrons. The molecule has 26 heavy (non-hydrogen) atoms. The molecular formula is C18H22ClN5O2. The van der Waals surface area contributed by atoms with Crippen molar-refractivity contribution in [2.24, 2.45) is 5.29 Å². The van der Waals surface area contributed by atoms with Crippen LogP contribution in [0.3, 0.4) is 0 Å². The number of H-pyrrole nitrogens is 1. The highest BCUT2D eigenvalue weighted by Gasteiger charge is 2.40. The Morgan fingerprint density at radius 2 is 2.35 bits per heavy atom. The Hall–Kier alpha value is -2.12. The fraction of sp³-hybridized carbons (Fsp3) is 0.500. The summed E-state index contributed by atoms with van der Waals surface area (Å²) in [5.74, 6) is 0.517. The van der Waals surface area contributed by atoms with Gasteiger partial charge < -0.3 is 15.2 Å². The number of amides is 2. The van der Waals surface area contributed by atoms with Crippen molar-refractivity contribution < 1.29 is 4.79 Å². The number of benzene rings is 1. The SMILES string of the molecule is CN1C[C@H](NC(=O)N(CCCl)N=O)C[C@@H]2c3cccc4[nH]cc(c34)C[C@H]21. The van der Waals surface area contributed by atoms with Crippen LogP contribution in [0.2, 0.25) is 0 Å². The number of likely N-dealkylation sites (tertiary alicyclic amines) is 1. The summed E-state index contributed by atoms with van der Waals surface area (Å²) < 4.78 is 0. The van der Waals surface area contributed by atoms with Crippen LogP contribution in [0, 0.1) is 4.91 Å². The summed E-state index contributed by atoms with van der Waals surface area (Å²) in [4.78, 5) is 28.8. The van der Waals surface area contributed by atoms with Gasteiger partial charge in [-0.05, 0) is 37.1 Å². The molecule has 0 unspecified atom stereocenters. The van der Waals surface area contributed by atoms with Crippen LogP contribution in [-0.2, 0) is 6.42 Å². The van der Waals surface area contributed by atoms with Gasteiger partial charge in [0.05, 0.1) is 11.8 Å². The lowest BCUT2D eigenvalue weighted by atomic mass is 9.74. The number of nitrogens with zero attached hydrogens (tertiary/aromatic N) is 3. The van der Waals surface area contributed by atoms with Gasteiger partial charge in [-0.3, -0.25) is 0 Å². The number of aromatic nitrogens is 1. The van der Waals surface area contributed by atoms with Crippen molar-refractivity contribution in [3.05, 3.63) is 40.4 Å². The molecule has 1 aliphatic heterocycles. The molecule has 2 aliphatic rings. The van der Waals surface area contributed by atoms with Crippen LogP contribution in [-0.4, -0.2) is 59.0 Å². The number of hydrogen-bond acceptors (Lipinski definition) is 4. The second-order valence-electron chi connectivity index (χ2n) is 7.18. The molecule has 4 rings (SSSR count). The van der Waals surface area contributed by atoms with Crippen LogP contribution < -0.4 is 5.32 Å². The lowest BCUT2D eigenvalue weighted by molar-refractivity contribution is 0.124. The zero-order chi connectivity index (χ0) is 18.3. The maximum absolute atomic E-state index is 12.3. The highest BCUT2D eigenvalue weighted by molar-refractivity contribution is 6.18. The summed E-state index contributed by atoms with van der Waals surface area (Å²) in [5.41, 5.74) is 3.87. The number of piperidine rings is 1. The standard InChI is InChI=1S/C18H22ClN5O2/c1-23-10-12(21-18(25)24(22-26)6-5-19)8-14-13-3-2-4-15-17(13)11(9-20-15)7-16(14)23/h2-4,9,12,14,16,20H,5-8,10H2,1H3,(H,21,25)/t12-,14-,16-/m1/s1. The average molecular weight is 376 g/mol. The molecule has 2 aromatic rings. The molecule has 8 heteroatoms. The van der Waals surface area contributed by atoms with Crippen molar-refractivity contribution in [1.82, 2.24) is 20.2 Å². The molecule has 7 nitrogen and oxygen atoms in total. The first-order valence-corrected chi connectivity index (χ1v) is 9.42. The number of rotatable bonds is 4. The monoisotopic (exact) mass is 375 g/mol. The fourth-order valence-electron chi connectivity index (χ4n) is 4.56. The molecule has 3 atom stereocenters.